The van der Waals surface area contributed by atoms with Gasteiger partial charge in [-0.2, -0.15) is 0 Å². The number of carbonyl (C=O) groups excluding carboxylic acids is 1. The summed E-state index contributed by atoms with van der Waals surface area (Å²) >= 11 is 6.58. The molecule has 0 saturated heterocycles. The smallest absolute Gasteiger partial charge is 0.305 e. The largest absolute Gasteiger partial charge is 0.469 e. The fourth-order valence-electron chi connectivity index (χ4n) is 4.39. The zero-order valence-electron chi connectivity index (χ0n) is 17.9. The summed E-state index contributed by atoms with van der Waals surface area (Å²) in [6.07, 6.45) is 6.38. The van der Waals surface area contributed by atoms with E-state index in [1.54, 1.807) is 0 Å². The van der Waals surface area contributed by atoms with Gasteiger partial charge in [-0.25, -0.2) is 0 Å². The Bertz CT molecular complexity index is 849. The van der Waals surface area contributed by atoms with E-state index >= 15 is 0 Å². The van der Waals surface area contributed by atoms with E-state index in [0.29, 0.717) is 12.8 Å². The normalized spacial score (nSPS) is 24.4. The van der Waals surface area contributed by atoms with Crippen molar-refractivity contribution in [1.82, 2.24) is 0 Å². The first kappa shape index (κ1) is 23.5. The van der Waals surface area contributed by atoms with Crippen LogP contribution in [0.25, 0.3) is 0 Å². The molecule has 1 aliphatic rings. The van der Waals surface area contributed by atoms with Crippen LogP contribution in [0.5, 0.6) is 0 Å². The number of benzene rings is 2. The first-order valence-electron chi connectivity index (χ1n) is 10.9. The van der Waals surface area contributed by atoms with Crippen molar-refractivity contribution in [3.05, 3.63) is 83.4 Å². The zero-order chi connectivity index (χ0) is 22.2. The van der Waals surface area contributed by atoms with E-state index in [9.17, 15) is 15.0 Å². The molecule has 31 heavy (non-hydrogen) atoms. The number of ether oxygens (including phenoxy) is 1. The Labute approximate surface area is 189 Å². The van der Waals surface area contributed by atoms with Gasteiger partial charge in [0.05, 0.1) is 13.2 Å². The maximum Gasteiger partial charge on any atom is 0.305 e. The fourth-order valence-corrected chi connectivity index (χ4v) is 4.83. The predicted octanol–water partition coefficient (Wildman–Crippen LogP) is 5.13. The number of allylic oxidation sites excluding steroid dienone is 2. The van der Waals surface area contributed by atoms with Gasteiger partial charge in [-0.05, 0) is 48.3 Å². The average molecular weight is 443 g/mol. The van der Waals surface area contributed by atoms with Crippen LogP contribution < -0.4 is 0 Å². The Morgan fingerprint density at radius 1 is 1.13 bits per heavy atom. The van der Waals surface area contributed by atoms with Crippen LogP contribution in [0.3, 0.4) is 0 Å². The molecule has 5 atom stereocenters. The van der Waals surface area contributed by atoms with Gasteiger partial charge < -0.3 is 14.9 Å². The molecule has 0 heterocycles. The maximum absolute atomic E-state index is 11.2. The molecule has 3 rings (SSSR count). The summed E-state index contributed by atoms with van der Waals surface area (Å²) in [6.45, 7) is 0. The second-order valence-electron chi connectivity index (χ2n) is 8.16. The molecular weight excluding hydrogens is 412 g/mol. The number of rotatable bonds is 9. The van der Waals surface area contributed by atoms with Gasteiger partial charge in [0.25, 0.3) is 0 Å². The lowest BCUT2D eigenvalue weighted by Crippen LogP contribution is -2.18. The van der Waals surface area contributed by atoms with E-state index in [0.717, 1.165) is 36.0 Å². The quantitative estimate of drug-likeness (QED) is 0.244. The van der Waals surface area contributed by atoms with Crippen LogP contribution in [0.4, 0.5) is 0 Å². The summed E-state index contributed by atoms with van der Waals surface area (Å²) in [7, 11) is 1.40. The molecule has 0 bridgehead atoms. The maximum atomic E-state index is 11.2. The molecule has 4 nitrogen and oxygen atoms in total. The summed E-state index contributed by atoms with van der Waals surface area (Å²) in [5, 5.41) is 21.2. The molecule has 1 saturated carbocycles. The lowest BCUT2D eigenvalue weighted by molar-refractivity contribution is -0.140. The standard InChI is InChI=1S/C26H31ClO4/c1-31-24(29)12-8-3-2-7-11-21-22(27)17-23(28)25(21)18-13-15-20(16-14-18)26(30)19-9-5-4-6-10-19/h2,4-7,9-10,13-16,21-23,25-26,28,30H,3,8,11-12,17H2,1H3/t21-,22+,23+,25+,26?/m0/s1. The number of alkyl halides is 1. The van der Waals surface area contributed by atoms with Crippen LogP contribution in [0, 0.1) is 5.92 Å². The highest BCUT2D eigenvalue weighted by Gasteiger charge is 2.41. The van der Waals surface area contributed by atoms with Gasteiger partial charge in [0.1, 0.15) is 6.10 Å². The first-order valence-corrected chi connectivity index (χ1v) is 11.3. The van der Waals surface area contributed by atoms with Crippen molar-refractivity contribution in [3.8, 4) is 0 Å². The minimum Gasteiger partial charge on any atom is -0.469 e. The Hall–Kier alpha value is -2.14. The molecule has 1 fully saturated rings. The van der Waals surface area contributed by atoms with Crippen molar-refractivity contribution in [2.24, 2.45) is 5.92 Å². The summed E-state index contributed by atoms with van der Waals surface area (Å²) in [5.74, 6) is -0.0856. The van der Waals surface area contributed by atoms with Crippen molar-refractivity contribution in [2.45, 2.75) is 55.6 Å². The number of aliphatic hydroxyl groups is 2. The average Bonchev–Trinajstić information content (AvgIpc) is 3.08. The minimum atomic E-state index is -0.673. The molecule has 0 aromatic heterocycles. The summed E-state index contributed by atoms with van der Waals surface area (Å²) < 4.78 is 4.65. The molecule has 1 aliphatic carbocycles. The van der Waals surface area contributed by atoms with E-state index in [-0.39, 0.29) is 23.2 Å². The number of methoxy groups -OCH3 is 1. The molecule has 166 valence electrons. The number of aliphatic hydroxyl groups excluding tert-OH is 2. The predicted molar refractivity (Wildman–Crippen MR) is 123 cm³/mol. The zero-order valence-corrected chi connectivity index (χ0v) is 18.6. The lowest BCUT2D eigenvalue weighted by atomic mass is 9.84. The number of hydrogen-bond acceptors (Lipinski definition) is 4. The van der Waals surface area contributed by atoms with Crippen LogP contribution in [0.2, 0.25) is 0 Å². The monoisotopic (exact) mass is 442 g/mol. The SMILES string of the molecule is COC(=O)CCCC=CC[C@@H]1[C@@H](c2ccc(C(O)c3ccccc3)cc2)[C@H](O)C[C@H]1Cl. The van der Waals surface area contributed by atoms with Gasteiger partial charge in [0.2, 0.25) is 0 Å². The van der Waals surface area contributed by atoms with E-state index in [1.807, 2.05) is 54.6 Å². The molecule has 0 spiro atoms. The molecule has 0 radical (unpaired) electrons. The lowest BCUT2D eigenvalue weighted by Gasteiger charge is -2.23. The van der Waals surface area contributed by atoms with Gasteiger partial charge in [0.15, 0.2) is 0 Å². The number of carbonyl (C=O) groups is 1. The van der Waals surface area contributed by atoms with Gasteiger partial charge in [-0.15, -0.1) is 11.6 Å². The number of hydrogen-bond donors (Lipinski definition) is 2. The second kappa shape index (κ2) is 11.5. The first-order chi connectivity index (χ1) is 15.0. The van der Waals surface area contributed by atoms with Gasteiger partial charge in [-0.1, -0.05) is 66.7 Å². The summed E-state index contributed by atoms with van der Waals surface area (Å²) in [4.78, 5) is 11.2. The topological polar surface area (TPSA) is 66.8 Å². The molecule has 0 aliphatic heterocycles. The third-order valence-corrected chi connectivity index (χ3v) is 6.62. The van der Waals surface area contributed by atoms with E-state index in [2.05, 4.69) is 16.9 Å². The number of unbranched alkanes of at least 4 members (excludes halogenated alkanes) is 1. The Kier molecular flexibility index (Phi) is 8.70. The Morgan fingerprint density at radius 3 is 2.48 bits per heavy atom. The molecule has 2 aromatic carbocycles. The van der Waals surface area contributed by atoms with E-state index < -0.39 is 12.2 Å². The Balaban J connectivity index is 1.63. The van der Waals surface area contributed by atoms with Crippen molar-refractivity contribution >= 4 is 17.6 Å². The summed E-state index contributed by atoms with van der Waals surface area (Å²) in [6, 6.07) is 17.4. The van der Waals surface area contributed by atoms with Crippen LogP contribution in [-0.4, -0.2) is 34.8 Å². The highest BCUT2D eigenvalue weighted by atomic mass is 35.5. The van der Waals surface area contributed by atoms with Crippen molar-refractivity contribution in [3.63, 3.8) is 0 Å². The molecule has 1 unspecified atom stereocenters. The van der Waals surface area contributed by atoms with Gasteiger partial charge in [0, 0.05) is 17.7 Å². The van der Waals surface area contributed by atoms with Crippen LogP contribution in [0.15, 0.2) is 66.7 Å². The molecular formula is C26H31ClO4. The number of esters is 1. The second-order valence-corrected chi connectivity index (χ2v) is 8.72. The fraction of sp³-hybridized carbons (Fsp3) is 0.423. The molecule has 5 heteroatoms. The molecule has 2 aromatic rings. The van der Waals surface area contributed by atoms with Crippen LogP contribution >= 0.6 is 11.6 Å². The van der Waals surface area contributed by atoms with Crippen molar-refractivity contribution in [1.29, 1.82) is 0 Å². The molecule has 2 N–H and O–H groups in total. The molecule has 0 amide bonds. The highest BCUT2D eigenvalue weighted by molar-refractivity contribution is 6.21. The summed E-state index contributed by atoms with van der Waals surface area (Å²) in [5.41, 5.74) is 2.72. The van der Waals surface area contributed by atoms with Crippen molar-refractivity contribution in [2.75, 3.05) is 7.11 Å². The Morgan fingerprint density at radius 2 is 1.81 bits per heavy atom. The van der Waals surface area contributed by atoms with E-state index in [1.165, 1.54) is 7.11 Å². The van der Waals surface area contributed by atoms with Crippen LogP contribution in [-0.2, 0) is 9.53 Å². The third-order valence-electron chi connectivity index (χ3n) is 6.11. The highest BCUT2D eigenvalue weighted by Crippen LogP contribution is 2.45. The number of halogens is 1. The van der Waals surface area contributed by atoms with Gasteiger partial charge in [-0.3, -0.25) is 4.79 Å². The third kappa shape index (κ3) is 6.19. The van der Waals surface area contributed by atoms with Gasteiger partial charge >= 0.3 is 5.97 Å². The van der Waals surface area contributed by atoms with Crippen LogP contribution in [0.1, 0.15) is 60.8 Å². The minimum absolute atomic E-state index is 0.0369. The van der Waals surface area contributed by atoms with Crippen molar-refractivity contribution < 1.29 is 19.7 Å². The van der Waals surface area contributed by atoms with E-state index in [4.69, 9.17) is 11.6 Å².